The zero-order valence-electron chi connectivity index (χ0n) is 22.5. The lowest BCUT2D eigenvalue weighted by Crippen LogP contribution is -2.52. The van der Waals surface area contributed by atoms with E-state index in [4.69, 9.17) is 23.7 Å². The maximum absolute atomic E-state index is 13.0. The largest absolute Gasteiger partial charge is 0.458 e. The fraction of sp³-hybridized carbons (Fsp3) is 0.654. The molecule has 1 aromatic carbocycles. The molecule has 198 valence electrons. The van der Waals surface area contributed by atoms with Crippen LogP contribution in [0.4, 0.5) is 9.59 Å². The number of imide groups is 1. The molecule has 1 rings (SSSR count). The van der Waals surface area contributed by atoms with Gasteiger partial charge in [-0.1, -0.05) is 30.3 Å². The summed E-state index contributed by atoms with van der Waals surface area (Å²) in [5.74, 6) is -0.792. The standard InChI is InChI=1S/C26H41NO8/c1-18(27(23(29)34-25(3,4)5)24(30)35-26(6,7)8)22(28)33-19(2)21(15-16-31-9)32-17-20-13-11-10-12-14-20/h10-14,18-19,21H,15-17H2,1-9H3/t18-,19-,21?/m0/s1. The molecule has 0 fully saturated rings. The third kappa shape index (κ3) is 11.6. The molecule has 0 aliphatic heterocycles. The van der Waals surface area contributed by atoms with Crippen molar-refractivity contribution < 1.29 is 38.1 Å². The van der Waals surface area contributed by atoms with E-state index in [1.54, 1.807) is 55.6 Å². The zero-order valence-corrected chi connectivity index (χ0v) is 22.5. The van der Waals surface area contributed by atoms with Gasteiger partial charge in [0.1, 0.15) is 23.3 Å². The molecule has 0 radical (unpaired) electrons. The monoisotopic (exact) mass is 495 g/mol. The summed E-state index contributed by atoms with van der Waals surface area (Å²) in [6.45, 7) is 13.8. The Bertz CT molecular complexity index is 785. The van der Waals surface area contributed by atoms with E-state index in [1.165, 1.54) is 6.92 Å². The summed E-state index contributed by atoms with van der Waals surface area (Å²) in [6, 6.07) is 8.32. The average molecular weight is 496 g/mol. The first-order valence-corrected chi connectivity index (χ1v) is 11.7. The highest BCUT2D eigenvalue weighted by molar-refractivity contribution is 5.94. The highest BCUT2D eigenvalue weighted by Crippen LogP contribution is 2.19. The van der Waals surface area contributed by atoms with Gasteiger partial charge in [0.15, 0.2) is 0 Å². The van der Waals surface area contributed by atoms with Crippen molar-refractivity contribution >= 4 is 18.2 Å². The first kappa shape index (κ1) is 30.4. The van der Waals surface area contributed by atoms with E-state index in [0.29, 0.717) is 24.5 Å². The van der Waals surface area contributed by atoms with E-state index < -0.39 is 47.6 Å². The van der Waals surface area contributed by atoms with Crippen LogP contribution in [0.15, 0.2) is 30.3 Å². The third-order valence-electron chi connectivity index (χ3n) is 4.65. The van der Waals surface area contributed by atoms with Crippen LogP contribution in [0, 0.1) is 0 Å². The molecule has 0 N–H and O–H groups in total. The van der Waals surface area contributed by atoms with Crippen LogP contribution in [0.1, 0.15) is 67.4 Å². The van der Waals surface area contributed by atoms with Crippen LogP contribution in [0.25, 0.3) is 0 Å². The van der Waals surface area contributed by atoms with Gasteiger partial charge in [0.2, 0.25) is 0 Å². The second-order valence-corrected chi connectivity index (χ2v) is 10.3. The van der Waals surface area contributed by atoms with Crippen molar-refractivity contribution in [1.29, 1.82) is 0 Å². The van der Waals surface area contributed by atoms with Gasteiger partial charge in [-0.05, 0) is 61.0 Å². The maximum atomic E-state index is 13.0. The molecule has 0 bridgehead atoms. The van der Waals surface area contributed by atoms with E-state index in [1.807, 2.05) is 30.3 Å². The molecular formula is C26H41NO8. The SMILES string of the molecule is COCCC(OCc1ccccc1)[C@H](C)OC(=O)[C@H](C)N(C(=O)OC(C)(C)C)C(=O)OC(C)(C)C. The summed E-state index contributed by atoms with van der Waals surface area (Å²) < 4.78 is 27.5. The van der Waals surface area contributed by atoms with Crippen molar-refractivity contribution in [2.75, 3.05) is 13.7 Å². The van der Waals surface area contributed by atoms with Crippen LogP contribution in [-0.4, -0.2) is 66.2 Å². The van der Waals surface area contributed by atoms with E-state index in [0.717, 1.165) is 5.56 Å². The van der Waals surface area contributed by atoms with Crippen LogP contribution in [-0.2, 0) is 35.1 Å². The Morgan fingerprint density at radius 2 is 1.40 bits per heavy atom. The Balaban J connectivity index is 2.98. The van der Waals surface area contributed by atoms with Crippen molar-refractivity contribution in [3.05, 3.63) is 35.9 Å². The lowest BCUT2D eigenvalue weighted by Gasteiger charge is -2.32. The minimum atomic E-state index is -1.29. The number of carbonyl (C=O) groups excluding carboxylic acids is 3. The Kier molecular flexibility index (Phi) is 11.7. The van der Waals surface area contributed by atoms with Crippen molar-refractivity contribution in [2.24, 2.45) is 0 Å². The highest BCUT2D eigenvalue weighted by Gasteiger charge is 2.39. The van der Waals surface area contributed by atoms with Crippen molar-refractivity contribution in [1.82, 2.24) is 4.90 Å². The van der Waals surface area contributed by atoms with Gasteiger partial charge in [0, 0.05) is 20.1 Å². The molecule has 35 heavy (non-hydrogen) atoms. The fourth-order valence-corrected chi connectivity index (χ4v) is 2.94. The summed E-state index contributed by atoms with van der Waals surface area (Å²) in [4.78, 5) is 39.3. The van der Waals surface area contributed by atoms with E-state index in [2.05, 4.69) is 0 Å². The molecule has 0 spiro atoms. The first-order valence-electron chi connectivity index (χ1n) is 11.7. The zero-order chi connectivity index (χ0) is 26.8. The number of hydrogen-bond acceptors (Lipinski definition) is 8. The summed E-state index contributed by atoms with van der Waals surface area (Å²) in [6.07, 6.45) is -2.67. The quantitative estimate of drug-likeness (QED) is 0.326. The number of methoxy groups -OCH3 is 1. The Morgan fingerprint density at radius 1 is 0.886 bits per heavy atom. The molecule has 9 heteroatoms. The van der Waals surface area contributed by atoms with Gasteiger partial charge in [-0.25, -0.2) is 14.4 Å². The molecule has 3 atom stereocenters. The number of ether oxygens (including phenoxy) is 5. The normalized spacial score (nSPS) is 14.4. The molecule has 2 amide bonds. The summed E-state index contributed by atoms with van der Waals surface area (Å²) in [5.41, 5.74) is -0.793. The molecule has 0 aliphatic rings. The van der Waals surface area contributed by atoms with Gasteiger partial charge in [0.05, 0.1) is 12.7 Å². The van der Waals surface area contributed by atoms with Crippen LogP contribution in [0.3, 0.4) is 0 Å². The first-order chi connectivity index (χ1) is 16.1. The highest BCUT2D eigenvalue weighted by atomic mass is 16.6. The summed E-state index contributed by atoms with van der Waals surface area (Å²) in [7, 11) is 1.58. The molecule has 0 saturated carbocycles. The number of amides is 2. The molecule has 0 aromatic heterocycles. The second kappa shape index (κ2) is 13.4. The average Bonchev–Trinajstić information content (AvgIpc) is 2.71. The number of hydrogen-bond donors (Lipinski definition) is 0. The molecule has 0 saturated heterocycles. The summed E-state index contributed by atoms with van der Waals surface area (Å²) in [5, 5.41) is 0. The molecule has 0 aliphatic carbocycles. The molecule has 0 heterocycles. The number of rotatable bonds is 10. The van der Waals surface area contributed by atoms with Gasteiger partial charge in [-0.2, -0.15) is 4.90 Å². The number of esters is 1. The maximum Gasteiger partial charge on any atom is 0.420 e. The predicted octanol–water partition coefficient (Wildman–Crippen LogP) is 5.10. The van der Waals surface area contributed by atoms with E-state index in [-0.39, 0.29) is 0 Å². The van der Waals surface area contributed by atoms with Gasteiger partial charge in [-0.15, -0.1) is 0 Å². The lowest BCUT2D eigenvalue weighted by molar-refractivity contribution is -0.163. The molecule has 9 nitrogen and oxygen atoms in total. The number of nitrogens with zero attached hydrogens (tertiary/aromatic N) is 1. The van der Waals surface area contributed by atoms with Crippen LogP contribution >= 0.6 is 0 Å². The third-order valence-corrected chi connectivity index (χ3v) is 4.65. The Labute approximate surface area is 209 Å². The number of benzene rings is 1. The van der Waals surface area contributed by atoms with Crippen LogP contribution in [0.5, 0.6) is 0 Å². The van der Waals surface area contributed by atoms with Crippen molar-refractivity contribution in [3.8, 4) is 0 Å². The minimum absolute atomic E-state index is 0.328. The van der Waals surface area contributed by atoms with Crippen molar-refractivity contribution in [3.63, 3.8) is 0 Å². The predicted molar refractivity (Wildman–Crippen MR) is 131 cm³/mol. The van der Waals surface area contributed by atoms with Gasteiger partial charge < -0.3 is 23.7 Å². The minimum Gasteiger partial charge on any atom is -0.458 e. The van der Waals surface area contributed by atoms with Crippen molar-refractivity contribution in [2.45, 2.75) is 97.9 Å². The topological polar surface area (TPSA) is 101 Å². The smallest absolute Gasteiger partial charge is 0.420 e. The Morgan fingerprint density at radius 3 is 1.86 bits per heavy atom. The van der Waals surface area contributed by atoms with Gasteiger partial charge in [0.25, 0.3) is 0 Å². The molecule has 1 unspecified atom stereocenters. The van der Waals surface area contributed by atoms with Crippen LogP contribution in [0.2, 0.25) is 0 Å². The van der Waals surface area contributed by atoms with Gasteiger partial charge >= 0.3 is 18.2 Å². The molecule has 1 aromatic rings. The Hall–Kier alpha value is -2.65. The second-order valence-electron chi connectivity index (χ2n) is 10.3. The lowest BCUT2D eigenvalue weighted by atomic mass is 10.1. The fourth-order valence-electron chi connectivity index (χ4n) is 2.94. The van der Waals surface area contributed by atoms with Crippen LogP contribution < -0.4 is 0 Å². The number of carbonyl (C=O) groups is 3. The summed E-state index contributed by atoms with van der Waals surface area (Å²) >= 11 is 0. The molecular weight excluding hydrogens is 454 g/mol. The van der Waals surface area contributed by atoms with E-state index >= 15 is 0 Å². The van der Waals surface area contributed by atoms with Gasteiger partial charge in [-0.3, -0.25) is 0 Å². The van der Waals surface area contributed by atoms with E-state index in [9.17, 15) is 14.4 Å².